The molecule has 0 spiro atoms. The smallest absolute Gasteiger partial charge is 0.242 e. The maximum absolute atomic E-state index is 11.6. The van der Waals surface area contributed by atoms with E-state index in [0.29, 0.717) is 0 Å². The van der Waals surface area contributed by atoms with Crippen molar-refractivity contribution in [3.8, 4) is 0 Å². The normalized spacial score (nSPS) is 15.3. The second-order valence-electron chi connectivity index (χ2n) is 4.16. The van der Waals surface area contributed by atoms with Gasteiger partial charge in [0.1, 0.15) is 6.04 Å². The predicted octanol–water partition coefficient (Wildman–Crippen LogP) is 0.656. The van der Waals surface area contributed by atoms with Crippen LogP contribution in [0.25, 0.3) is 0 Å². The summed E-state index contributed by atoms with van der Waals surface area (Å²) >= 11 is 0. The molecule has 0 aliphatic carbocycles. The van der Waals surface area contributed by atoms with Gasteiger partial charge >= 0.3 is 0 Å². The highest BCUT2D eigenvalue weighted by Gasteiger charge is 2.26. The molecule has 0 saturated heterocycles. The van der Waals surface area contributed by atoms with Gasteiger partial charge in [0.25, 0.3) is 0 Å². The van der Waals surface area contributed by atoms with Gasteiger partial charge in [-0.15, -0.1) is 0 Å². The lowest BCUT2D eigenvalue weighted by molar-refractivity contribution is -0.132. The summed E-state index contributed by atoms with van der Waals surface area (Å²) in [6.07, 6.45) is -0.981. The first kappa shape index (κ1) is 18.3. The molecule has 0 aromatic carbocycles. The Kier molecular flexibility index (Phi) is 9.66. The number of aliphatic hydroxyl groups excluding tert-OH is 1. The molecule has 3 unspecified atom stereocenters. The van der Waals surface area contributed by atoms with Gasteiger partial charge in [0.2, 0.25) is 11.8 Å². The van der Waals surface area contributed by atoms with Gasteiger partial charge in [-0.25, -0.2) is 0 Å². The second kappa shape index (κ2) is 8.98. The van der Waals surface area contributed by atoms with E-state index in [1.54, 1.807) is 6.92 Å². The average molecular weight is 246 g/mol. The number of rotatable bonds is 5. The van der Waals surface area contributed by atoms with Gasteiger partial charge in [-0.2, -0.15) is 0 Å². The van der Waals surface area contributed by atoms with Crippen molar-refractivity contribution in [2.45, 2.75) is 53.7 Å². The van der Waals surface area contributed by atoms with Crippen molar-refractivity contribution in [1.82, 2.24) is 5.32 Å². The zero-order valence-corrected chi connectivity index (χ0v) is 11.7. The van der Waals surface area contributed by atoms with Crippen molar-refractivity contribution < 1.29 is 14.7 Å². The Morgan fingerprint density at radius 1 is 1.12 bits per heavy atom. The zero-order chi connectivity index (χ0) is 14.2. The van der Waals surface area contributed by atoms with Crippen molar-refractivity contribution in [2.75, 3.05) is 0 Å². The van der Waals surface area contributed by atoms with E-state index >= 15 is 0 Å². The van der Waals surface area contributed by atoms with Gasteiger partial charge in [0.05, 0.1) is 6.10 Å². The molecule has 3 atom stereocenters. The number of primary amides is 1. The number of carbonyl (C=O) groups excluding carboxylic acids is 2. The first-order chi connectivity index (χ1) is 7.77. The van der Waals surface area contributed by atoms with Crippen molar-refractivity contribution in [1.29, 1.82) is 0 Å². The number of nitrogens with two attached hydrogens (primary N) is 1. The highest BCUT2D eigenvalue weighted by molar-refractivity contribution is 5.87. The monoisotopic (exact) mass is 246 g/mol. The number of hydrogen-bond donors (Lipinski definition) is 3. The minimum atomic E-state index is -1.02. The molecule has 5 nitrogen and oxygen atoms in total. The van der Waals surface area contributed by atoms with Crippen LogP contribution in [0, 0.1) is 11.8 Å². The number of amides is 2. The number of carbonyl (C=O) groups is 2. The molecule has 0 rings (SSSR count). The Hall–Kier alpha value is -1.10. The van der Waals surface area contributed by atoms with Crippen LogP contribution in [0.15, 0.2) is 0 Å². The molecule has 0 radical (unpaired) electrons. The van der Waals surface area contributed by atoms with E-state index in [1.165, 1.54) is 6.92 Å². The standard InChI is InChI=1S/C10H20N2O3.C2H6/c1-5(2)6(3)10(15)12-8(7(4)13)9(11)14;1-2/h5-8,13H,1-4H3,(H2,11,14)(H,12,15);1-2H3. The van der Waals surface area contributed by atoms with Crippen LogP contribution in [-0.2, 0) is 9.59 Å². The van der Waals surface area contributed by atoms with Gasteiger partial charge in [0, 0.05) is 5.92 Å². The van der Waals surface area contributed by atoms with E-state index in [4.69, 9.17) is 5.73 Å². The molecule has 17 heavy (non-hydrogen) atoms. The molecule has 0 aliphatic heterocycles. The minimum Gasteiger partial charge on any atom is -0.391 e. The fourth-order valence-corrected chi connectivity index (χ4v) is 1.02. The van der Waals surface area contributed by atoms with E-state index in [-0.39, 0.29) is 17.7 Å². The first-order valence-electron chi connectivity index (χ1n) is 6.05. The van der Waals surface area contributed by atoms with Crippen LogP contribution in [0.5, 0.6) is 0 Å². The maximum Gasteiger partial charge on any atom is 0.242 e. The molecular weight excluding hydrogens is 220 g/mol. The molecule has 4 N–H and O–H groups in total. The van der Waals surface area contributed by atoms with E-state index < -0.39 is 18.1 Å². The van der Waals surface area contributed by atoms with Crippen LogP contribution >= 0.6 is 0 Å². The van der Waals surface area contributed by atoms with Crippen LogP contribution in [0.4, 0.5) is 0 Å². The summed E-state index contributed by atoms with van der Waals surface area (Å²) in [7, 11) is 0. The summed E-state index contributed by atoms with van der Waals surface area (Å²) < 4.78 is 0. The second-order valence-corrected chi connectivity index (χ2v) is 4.16. The van der Waals surface area contributed by atoms with Crippen LogP contribution in [0.3, 0.4) is 0 Å². The lowest BCUT2D eigenvalue weighted by Gasteiger charge is -2.22. The zero-order valence-electron chi connectivity index (χ0n) is 11.7. The predicted molar refractivity (Wildman–Crippen MR) is 68.2 cm³/mol. The molecule has 0 saturated carbocycles. The fraction of sp³-hybridized carbons (Fsp3) is 0.833. The third kappa shape index (κ3) is 6.94. The van der Waals surface area contributed by atoms with Crippen molar-refractivity contribution in [2.24, 2.45) is 17.6 Å². The van der Waals surface area contributed by atoms with Gasteiger partial charge < -0.3 is 16.2 Å². The molecular formula is C12H26N2O3. The van der Waals surface area contributed by atoms with Gasteiger partial charge in [-0.05, 0) is 12.8 Å². The number of nitrogens with one attached hydrogen (secondary N) is 1. The van der Waals surface area contributed by atoms with E-state index in [0.717, 1.165) is 0 Å². The average Bonchev–Trinajstić information content (AvgIpc) is 2.26. The van der Waals surface area contributed by atoms with Crippen LogP contribution in [-0.4, -0.2) is 29.1 Å². The summed E-state index contributed by atoms with van der Waals surface area (Å²) in [4.78, 5) is 22.5. The number of hydrogen-bond acceptors (Lipinski definition) is 3. The molecule has 0 aromatic rings. The quantitative estimate of drug-likeness (QED) is 0.665. The highest BCUT2D eigenvalue weighted by Crippen LogP contribution is 2.09. The molecule has 102 valence electrons. The summed E-state index contributed by atoms with van der Waals surface area (Å²) in [5, 5.41) is 11.7. The molecule has 0 aromatic heterocycles. The lowest BCUT2D eigenvalue weighted by atomic mass is 9.96. The van der Waals surface area contributed by atoms with Gasteiger partial charge in [-0.3, -0.25) is 9.59 Å². The summed E-state index contributed by atoms with van der Waals surface area (Å²) in [5.41, 5.74) is 5.05. The molecule has 0 fully saturated rings. The van der Waals surface area contributed by atoms with Crippen molar-refractivity contribution in [3.05, 3.63) is 0 Å². The summed E-state index contributed by atoms with van der Waals surface area (Å²) in [6.45, 7) is 11.0. The van der Waals surface area contributed by atoms with Gasteiger partial charge in [0.15, 0.2) is 0 Å². The van der Waals surface area contributed by atoms with E-state index in [2.05, 4.69) is 5.32 Å². The van der Waals surface area contributed by atoms with Gasteiger partial charge in [-0.1, -0.05) is 34.6 Å². The Morgan fingerprint density at radius 2 is 1.53 bits per heavy atom. The van der Waals surface area contributed by atoms with Crippen LogP contribution in [0.2, 0.25) is 0 Å². The van der Waals surface area contributed by atoms with E-state index in [1.807, 2.05) is 27.7 Å². The largest absolute Gasteiger partial charge is 0.391 e. The summed E-state index contributed by atoms with van der Waals surface area (Å²) in [6, 6.07) is -1.02. The van der Waals surface area contributed by atoms with Crippen molar-refractivity contribution >= 4 is 11.8 Å². The first-order valence-corrected chi connectivity index (χ1v) is 6.05. The molecule has 0 bridgehead atoms. The molecule has 5 heteroatoms. The topological polar surface area (TPSA) is 92.4 Å². The van der Waals surface area contributed by atoms with Crippen LogP contribution in [0.1, 0.15) is 41.5 Å². The minimum absolute atomic E-state index is 0.174. The Bertz CT molecular complexity index is 240. The maximum atomic E-state index is 11.6. The third-order valence-electron chi connectivity index (χ3n) is 2.50. The van der Waals surface area contributed by atoms with Crippen LogP contribution < -0.4 is 11.1 Å². The van der Waals surface area contributed by atoms with E-state index in [9.17, 15) is 14.7 Å². The SMILES string of the molecule is CC.CC(C)C(C)C(=O)NC(C(N)=O)C(C)O. The Balaban J connectivity index is 0. The Morgan fingerprint density at radius 3 is 1.76 bits per heavy atom. The summed E-state index contributed by atoms with van der Waals surface area (Å²) in [5.74, 6) is -1.04. The highest BCUT2D eigenvalue weighted by atomic mass is 16.3. The fourth-order valence-electron chi connectivity index (χ4n) is 1.02. The third-order valence-corrected chi connectivity index (χ3v) is 2.50. The lowest BCUT2D eigenvalue weighted by Crippen LogP contribution is -2.52. The molecule has 0 heterocycles. The molecule has 0 aliphatic rings. The Labute approximate surface area is 104 Å². The molecule has 2 amide bonds. The van der Waals surface area contributed by atoms with Crippen molar-refractivity contribution in [3.63, 3.8) is 0 Å². The number of aliphatic hydroxyl groups is 1.